The highest BCUT2D eigenvalue weighted by molar-refractivity contribution is 6.09. The number of amides is 4. The van der Waals surface area contributed by atoms with Gasteiger partial charge in [-0.3, -0.25) is 19.4 Å². The molecule has 1 aliphatic heterocycles. The van der Waals surface area contributed by atoms with E-state index in [-0.39, 0.29) is 6.54 Å². The van der Waals surface area contributed by atoms with Crippen LogP contribution in [0.2, 0.25) is 0 Å². The lowest BCUT2D eigenvalue weighted by Gasteiger charge is -2.36. The quantitative estimate of drug-likeness (QED) is 0.447. The number of hydrogen-bond donors (Lipinski definition) is 2. The van der Waals surface area contributed by atoms with Crippen LogP contribution in [0.3, 0.4) is 0 Å². The van der Waals surface area contributed by atoms with Gasteiger partial charge in [-0.1, -0.05) is 49.6 Å². The molecule has 0 bridgehead atoms. The maximum Gasteiger partial charge on any atom is 0.324 e. The zero-order valence-corrected chi connectivity index (χ0v) is 18.9. The van der Waals surface area contributed by atoms with Crippen LogP contribution < -0.4 is 11.1 Å². The lowest BCUT2D eigenvalue weighted by molar-refractivity contribution is -0.149. The van der Waals surface area contributed by atoms with Crippen molar-refractivity contribution in [1.29, 1.82) is 0 Å². The molecule has 1 heterocycles. The number of carbonyl (C=O) groups is 3. The first-order valence-electron chi connectivity index (χ1n) is 11.8. The fourth-order valence-electron chi connectivity index (χ4n) is 4.58. The molecule has 0 atom stereocenters. The molecule has 0 radical (unpaired) electrons. The van der Waals surface area contributed by atoms with E-state index in [2.05, 4.69) is 10.2 Å². The van der Waals surface area contributed by atoms with E-state index in [0.717, 1.165) is 64.1 Å². The van der Waals surface area contributed by atoms with Gasteiger partial charge in [0.2, 0.25) is 11.8 Å². The lowest BCUT2D eigenvalue weighted by Crippen LogP contribution is -2.56. The second-order valence-corrected chi connectivity index (χ2v) is 8.74. The molecular weight excluding hydrogens is 408 g/mol. The minimum absolute atomic E-state index is 0.215. The van der Waals surface area contributed by atoms with Gasteiger partial charge >= 0.3 is 6.03 Å². The van der Waals surface area contributed by atoms with Crippen molar-refractivity contribution in [3.63, 3.8) is 0 Å². The number of rotatable bonds is 9. The average molecular weight is 445 g/mol. The third-order valence-electron chi connectivity index (χ3n) is 6.58. The standard InChI is InChI=1S/C24H36N4O4/c25-21(29)24(11-5-2-6-12-24)22(30)28(15-10-20-8-3-1-4-9-20)23(31)26-13-7-14-27-16-18-32-19-17-27/h1,3-4,8-9H,2,5-7,10-19H2,(H2,25,29)(H,26,31). The molecule has 3 N–H and O–H groups in total. The van der Waals surface area contributed by atoms with E-state index in [1.807, 2.05) is 30.3 Å². The van der Waals surface area contributed by atoms with Gasteiger partial charge in [-0.25, -0.2) is 4.79 Å². The van der Waals surface area contributed by atoms with Crippen molar-refractivity contribution in [2.45, 2.75) is 44.9 Å². The monoisotopic (exact) mass is 444 g/mol. The molecule has 0 aromatic heterocycles. The second kappa shape index (κ2) is 12.0. The van der Waals surface area contributed by atoms with Crippen molar-refractivity contribution in [3.05, 3.63) is 35.9 Å². The van der Waals surface area contributed by atoms with Gasteiger partial charge in [0.1, 0.15) is 5.41 Å². The summed E-state index contributed by atoms with van der Waals surface area (Å²) in [6.45, 7) is 4.83. The van der Waals surface area contributed by atoms with Crippen LogP contribution in [-0.4, -0.2) is 73.6 Å². The Hall–Kier alpha value is -2.45. The third kappa shape index (κ3) is 6.29. The summed E-state index contributed by atoms with van der Waals surface area (Å²) in [5, 5.41) is 2.89. The molecule has 4 amide bonds. The van der Waals surface area contributed by atoms with E-state index in [9.17, 15) is 14.4 Å². The number of benzene rings is 1. The van der Waals surface area contributed by atoms with Crippen LogP contribution in [0, 0.1) is 5.41 Å². The number of carbonyl (C=O) groups excluding carboxylic acids is 3. The number of imide groups is 1. The van der Waals surface area contributed by atoms with Crippen molar-refractivity contribution < 1.29 is 19.1 Å². The Morgan fingerprint density at radius 2 is 1.75 bits per heavy atom. The molecule has 176 valence electrons. The van der Waals surface area contributed by atoms with Crippen LogP contribution in [0.5, 0.6) is 0 Å². The minimum Gasteiger partial charge on any atom is -0.379 e. The largest absolute Gasteiger partial charge is 0.379 e. The SMILES string of the molecule is NC(=O)C1(C(=O)N(CCc2ccccc2)C(=O)NCCCN2CCOCC2)CCCCC1. The van der Waals surface area contributed by atoms with Crippen molar-refractivity contribution in [2.24, 2.45) is 11.1 Å². The van der Waals surface area contributed by atoms with Crippen molar-refractivity contribution in [3.8, 4) is 0 Å². The van der Waals surface area contributed by atoms with Gasteiger partial charge in [0.25, 0.3) is 0 Å². The molecule has 1 aliphatic carbocycles. The Labute approximate surface area is 190 Å². The van der Waals surface area contributed by atoms with Crippen LogP contribution in [-0.2, 0) is 20.7 Å². The number of morpholine rings is 1. The van der Waals surface area contributed by atoms with Gasteiger partial charge in [-0.2, -0.15) is 0 Å². The molecule has 1 saturated heterocycles. The van der Waals surface area contributed by atoms with E-state index < -0.39 is 23.3 Å². The van der Waals surface area contributed by atoms with Crippen molar-refractivity contribution in [1.82, 2.24) is 15.1 Å². The second-order valence-electron chi connectivity index (χ2n) is 8.74. The lowest BCUT2D eigenvalue weighted by atomic mass is 9.72. The topological polar surface area (TPSA) is 105 Å². The normalized spacial score (nSPS) is 18.6. The van der Waals surface area contributed by atoms with Crippen LogP contribution in [0.15, 0.2) is 30.3 Å². The summed E-state index contributed by atoms with van der Waals surface area (Å²) in [5.41, 5.74) is 5.47. The van der Waals surface area contributed by atoms with Crippen LogP contribution in [0.1, 0.15) is 44.1 Å². The first-order chi connectivity index (χ1) is 15.5. The summed E-state index contributed by atoms with van der Waals surface area (Å²) >= 11 is 0. The fraction of sp³-hybridized carbons (Fsp3) is 0.625. The summed E-state index contributed by atoms with van der Waals surface area (Å²) in [6, 6.07) is 9.27. The molecule has 3 rings (SSSR count). The van der Waals surface area contributed by atoms with Gasteiger partial charge in [0, 0.05) is 26.2 Å². The highest BCUT2D eigenvalue weighted by Crippen LogP contribution is 2.38. The van der Waals surface area contributed by atoms with E-state index >= 15 is 0 Å². The number of nitrogens with zero attached hydrogens (tertiary/aromatic N) is 2. The Balaban J connectivity index is 1.64. The molecule has 1 aromatic rings. The average Bonchev–Trinajstić information content (AvgIpc) is 2.83. The number of hydrogen-bond acceptors (Lipinski definition) is 5. The number of primary amides is 1. The summed E-state index contributed by atoms with van der Waals surface area (Å²) in [6.07, 6.45) is 4.64. The summed E-state index contributed by atoms with van der Waals surface area (Å²) in [4.78, 5) is 42.5. The maximum absolute atomic E-state index is 13.5. The Bertz CT molecular complexity index is 759. The number of nitrogens with two attached hydrogens (primary N) is 1. The zero-order chi connectivity index (χ0) is 22.8. The van der Waals surface area contributed by atoms with Crippen LogP contribution in [0.25, 0.3) is 0 Å². The number of ether oxygens (including phenoxy) is 1. The highest BCUT2D eigenvalue weighted by atomic mass is 16.5. The predicted molar refractivity (Wildman–Crippen MR) is 122 cm³/mol. The van der Waals surface area contributed by atoms with Gasteiger partial charge in [0.15, 0.2) is 0 Å². The van der Waals surface area contributed by atoms with Gasteiger partial charge < -0.3 is 15.8 Å². The smallest absolute Gasteiger partial charge is 0.324 e. The Kier molecular flexibility index (Phi) is 9.05. The predicted octanol–water partition coefficient (Wildman–Crippen LogP) is 1.93. The first-order valence-corrected chi connectivity index (χ1v) is 11.8. The molecule has 0 unspecified atom stereocenters. The van der Waals surface area contributed by atoms with E-state index in [1.165, 1.54) is 4.90 Å². The fourth-order valence-corrected chi connectivity index (χ4v) is 4.58. The molecule has 8 nitrogen and oxygen atoms in total. The van der Waals surface area contributed by atoms with Crippen molar-refractivity contribution in [2.75, 3.05) is 45.9 Å². The molecule has 2 fully saturated rings. The van der Waals surface area contributed by atoms with E-state index in [1.54, 1.807) is 0 Å². The third-order valence-corrected chi connectivity index (χ3v) is 6.58. The van der Waals surface area contributed by atoms with Crippen molar-refractivity contribution >= 4 is 17.8 Å². The van der Waals surface area contributed by atoms with Gasteiger partial charge in [0.05, 0.1) is 13.2 Å². The van der Waals surface area contributed by atoms with E-state index in [4.69, 9.17) is 10.5 Å². The summed E-state index contributed by atoms with van der Waals surface area (Å²) < 4.78 is 5.36. The number of nitrogens with one attached hydrogen (secondary N) is 1. The molecule has 2 aliphatic rings. The molecular formula is C24H36N4O4. The Morgan fingerprint density at radius 1 is 1.06 bits per heavy atom. The molecule has 1 saturated carbocycles. The van der Waals surface area contributed by atoms with Crippen LogP contribution in [0.4, 0.5) is 4.79 Å². The maximum atomic E-state index is 13.5. The summed E-state index contributed by atoms with van der Waals surface area (Å²) in [5.74, 6) is -1.07. The highest BCUT2D eigenvalue weighted by Gasteiger charge is 2.48. The molecule has 1 aromatic carbocycles. The first kappa shape index (κ1) is 24.2. The van der Waals surface area contributed by atoms with Gasteiger partial charge in [-0.15, -0.1) is 0 Å². The number of urea groups is 1. The van der Waals surface area contributed by atoms with Gasteiger partial charge in [-0.05, 0) is 37.8 Å². The van der Waals surface area contributed by atoms with E-state index in [0.29, 0.717) is 25.8 Å². The minimum atomic E-state index is -1.28. The zero-order valence-electron chi connectivity index (χ0n) is 18.9. The molecule has 8 heteroatoms. The Morgan fingerprint density at radius 3 is 2.41 bits per heavy atom. The van der Waals surface area contributed by atoms with Crippen LogP contribution >= 0.6 is 0 Å². The molecule has 32 heavy (non-hydrogen) atoms. The molecule has 0 spiro atoms. The summed E-state index contributed by atoms with van der Waals surface area (Å²) in [7, 11) is 0.